The van der Waals surface area contributed by atoms with Crippen molar-refractivity contribution in [3.05, 3.63) is 71.9 Å². The highest BCUT2D eigenvalue weighted by Crippen LogP contribution is 2.35. The minimum absolute atomic E-state index is 0.208. The van der Waals surface area contributed by atoms with E-state index in [1.165, 1.54) is 0 Å². The molecule has 0 amide bonds. The van der Waals surface area contributed by atoms with Crippen LogP contribution in [0.4, 0.5) is 0 Å². The number of hydrogen-bond acceptors (Lipinski definition) is 5. The first-order valence-electron chi connectivity index (χ1n) is 11.5. The summed E-state index contributed by atoms with van der Waals surface area (Å²) in [4.78, 5) is 2.31. The molecular formula is C27H31N3O3. The van der Waals surface area contributed by atoms with Crippen LogP contribution in [0.3, 0.4) is 0 Å². The van der Waals surface area contributed by atoms with Gasteiger partial charge in [-0.1, -0.05) is 49.2 Å². The Labute approximate surface area is 195 Å². The number of hydrogen-bond donors (Lipinski definition) is 1. The lowest BCUT2D eigenvalue weighted by atomic mass is 10.1. The zero-order valence-electron chi connectivity index (χ0n) is 19.1. The average Bonchev–Trinajstić information content (AvgIpc) is 3.64. The minimum atomic E-state index is -0.605. The smallest absolute Gasteiger partial charge is 0.227 e. The fraction of sp³-hybridized carbons (Fsp3) is 0.370. The summed E-state index contributed by atoms with van der Waals surface area (Å²) in [6.45, 7) is 3.70. The predicted octanol–water partition coefficient (Wildman–Crippen LogP) is 4.20. The molecule has 1 aliphatic carbocycles. The Bertz CT molecular complexity index is 1060. The molecule has 1 saturated carbocycles. The van der Waals surface area contributed by atoms with Gasteiger partial charge >= 0.3 is 0 Å². The molecule has 0 unspecified atom stereocenters. The second-order valence-electron chi connectivity index (χ2n) is 8.28. The maximum atomic E-state index is 10.5. The van der Waals surface area contributed by atoms with Gasteiger partial charge in [0.25, 0.3) is 0 Å². The van der Waals surface area contributed by atoms with Gasteiger partial charge in [0.05, 0.1) is 29.7 Å². The standard InChI is InChI=1S/C27H31N3O3/c1-3-17-32-20-23(31)18-29(21-15-16-21)19-25-26(4-2)28-30(22-11-7-5-8-12-22)27(25)33-24-13-9-6-10-14-24/h1,5-14,21,23,31H,4,15-20H2,2H3/t23-/m1/s1. The lowest BCUT2D eigenvalue weighted by Gasteiger charge is -2.25. The average molecular weight is 446 g/mol. The molecule has 1 aromatic heterocycles. The van der Waals surface area contributed by atoms with Crippen molar-refractivity contribution in [1.29, 1.82) is 0 Å². The number of ether oxygens (including phenoxy) is 2. The van der Waals surface area contributed by atoms with Crippen LogP contribution in [0, 0.1) is 12.3 Å². The van der Waals surface area contributed by atoms with Gasteiger partial charge in [-0.2, -0.15) is 5.10 Å². The molecule has 0 spiro atoms. The first-order chi connectivity index (χ1) is 16.2. The summed E-state index contributed by atoms with van der Waals surface area (Å²) in [5.74, 6) is 3.92. The van der Waals surface area contributed by atoms with Gasteiger partial charge in [0, 0.05) is 19.1 Å². The number of benzene rings is 2. The highest BCUT2D eigenvalue weighted by atomic mass is 16.5. The van der Waals surface area contributed by atoms with Crippen molar-refractivity contribution in [3.8, 4) is 29.7 Å². The number of para-hydroxylation sites is 2. The maximum absolute atomic E-state index is 10.5. The second-order valence-corrected chi connectivity index (χ2v) is 8.28. The van der Waals surface area contributed by atoms with Crippen LogP contribution >= 0.6 is 0 Å². The van der Waals surface area contributed by atoms with Gasteiger partial charge in [0.2, 0.25) is 5.88 Å². The number of aromatic nitrogens is 2. The van der Waals surface area contributed by atoms with E-state index >= 15 is 0 Å². The van der Waals surface area contributed by atoms with Crippen LogP contribution < -0.4 is 4.74 Å². The topological polar surface area (TPSA) is 59.8 Å². The highest BCUT2D eigenvalue weighted by molar-refractivity contribution is 5.43. The summed E-state index contributed by atoms with van der Waals surface area (Å²) in [6.07, 6.45) is 7.68. The molecule has 2 aromatic carbocycles. The third-order valence-electron chi connectivity index (χ3n) is 5.68. The molecule has 1 aliphatic rings. The predicted molar refractivity (Wildman–Crippen MR) is 129 cm³/mol. The lowest BCUT2D eigenvalue weighted by Crippen LogP contribution is -2.36. The molecule has 4 rings (SSSR count). The van der Waals surface area contributed by atoms with E-state index in [1.807, 2.05) is 65.3 Å². The van der Waals surface area contributed by atoms with E-state index in [4.69, 9.17) is 21.0 Å². The maximum Gasteiger partial charge on any atom is 0.227 e. The van der Waals surface area contributed by atoms with Crippen LogP contribution in [-0.4, -0.2) is 51.7 Å². The van der Waals surface area contributed by atoms with Gasteiger partial charge in [0.15, 0.2) is 0 Å². The Morgan fingerprint density at radius 3 is 2.48 bits per heavy atom. The van der Waals surface area contributed by atoms with Gasteiger partial charge < -0.3 is 14.6 Å². The third-order valence-corrected chi connectivity index (χ3v) is 5.68. The monoisotopic (exact) mass is 445 g/mol. The summed E-state index contributed by atoms with van der Waals surface area (Å²) in [5, 5.41) is 15.5. The molecule has 3 aromatic rings. The van der Waals surface area contributed by atoms with Crippen LogP contribution in [0.25, 0.3) is 5.69 Å². The fourth-order valence-corrected chi connectivity index (χ4v) is 3.93. The van der Waals surface area contributed by atoms with Crippen LogP contribution in [0.5, 0.6) is 11.6 Å². The first kappa shape index (κ1) is 23.1. The summed E-state index contributed by atoms with van der Waals surface area (Å²) in [7, 11) is 0. The van der Waals surface area contributed by atoms with Crippen molar-refractivity contribution >= 4 is 0 Å². The number of nitrogens with zero attached hydrogens (tertiary/aromatic N) is 3. The third kappa shape index (κ3) is 6.02. The Morgan fingerprint density at radius 2 is 1.85 bits per heavy atom. The van der Waals surface area contributed by atoms with Gasteiger partial charge in [0.1, 0.15) is 12.4 Å². The van der Waals surface area contributed by atoms with E-state index in [0.29, 0.717) is 25.0 Å². The first-order valence-corrected chi connectivity index (χ1v) is 11.5. The molecule has 172 valence electrons. The highest BCUT2D eigenvalue weighted by Gasteiger charge is 2.33. The van der Waals surface area contributed by atoms with Crippen molar-refractivity contribution in [1.82, 2.24) is 14.7 Å². The normalized spacial score (nSPS) is 14.2. The zero-order valence-corrected chi connectivity index (χ0v) is 19.1. The molecule has 6 nitrogen and oxygen atoms in total. The van der Waals surface area contributed by atoms with Gasteiger partial charge in [-0.25, -0.2) is 4.68 Å². The Hall–Kier alpha value is -3.11. The summed E-state index contributed by atoms with van der Waals surface area (Å²) in [6, 6.07) is 20.3. The van der Waals surface area contributed by atoms with E-state index < -0.39 is 6.10 Å². The number of terminal acetylenes is 1. The molecule has 0 aliphatic heterocycles. The summed E-state index contributed by atoms with van der Waals surface area (Å²) >= 11 is 0. The molecule has 1 fully saturated rings. The molecule has 1 heterocycles. The Balaban J connectivity index is 1.65. The van der Waals surface area contributed by atoms with Crippen molar-refractivity contribution in [2.45, 2.75) is 44.9 Å². The minimum Gasteiger partial charge on any atom is -0.439 e. The van der Waals surface area contributed by atoms with E-state index in [9.17, 15) is 5.11 Å². The van der Waals surface area contributed by atoms with E-state index in [-0.39, 0.29) is 13.2 Å². The van der Waals surface area contributed by atoms with Crippen molar-refractivity contribution in [3.63, 3.8) is 0 Å². The van der Waals surface area contributed by atoms with E-state index in [1.54, 1.807) is 0 Å². The SMILES string of the molecule is C#CCOC[C@H](O)CN(Cc1c(CC)nn(-c2ccccc2)c1Oc1ccccc1)C1CC1. The van der Waals surface area contributed by atoms with Crippen LogP contribution in [0.15, 0.2) is 60.7 Å². The number of aliphatic hydroxyl groups is 1. The number of aliphatic hydroxyl groups excluding tert-OH is 1. The van der Waals surface area contributed by atoms with Crippen LogP contribution in [-0.2, 0) is 17.7 Å². The van der Waals surface area contributed by atoms with Crippen LogP contribution in [0.2, 0.25) is 0 Å². The molecule has 0 bridgehead atoms. The van der Waals surface area contributed by atoms with Gasteiger partial charge in [-0.05, 0) is 43.5 Å². The lowest BCUT2D eigenvalue weighted by molar-refractivity contribution is 0.0240. The molecule has 0 radical (unpaired) electrons. The Morgan fingerprint density at radius 1 is 1.15 bits per heavy atom. The molecule has 1 atom stereocenters. The van der Waals surface area contributed by atoms with Crippen molar-refractivity contribution < 1.29 is 14.6 Å². The zero-order chi connectivity index (χ0) is 23.0. The summed E-state index contributed by atoms with van der Waals surface area (Å²) < 4.78 is 13.7. The molecule has 33 heavy (non-hydrogen) atoms. The molecule has 1 N–H and O–H groups in total. The fourth-order valence-electron chi connectivity index (χ4n) is 3.93. The second kappa shape index (κ2) is 11.2. The van der Waals surface area contributed by atoms with E-state index in [2.05, 4.69) is 17.7 Å². The van der Waals surface area contributed by atoms with Gasteiger partial charge in [-0.15, -0.1) is 6.42 Å². The summed E-state index contributed by atoms with van der Waals surface area (Å²) in [5.41, 5.74) is 2.99. The number of rotatable bonds is 12. The van der Waals surface area contributed by atoms with Gasteiger partial charge in [-0.3, -0.25) is 4.90 Å². The van der Waals surface area contributed by atoms with Crippen molar-refractivity contribution in [2.24, 2.45) is 0 Å². The quantitative estimate of drug-likeness (QED) is 0.334. The molecular weight excluding hydrogens is 414 g/mol. The molecule has 6 heteroatoms. The Kier molecular flexibility index (Phi) is 7.79. The van der Waals surface area contributed by atoms with E-state index in [0.717, 1.165) is 42.0 Å². The largest absolute Gasteiger partial charge is 0.439 e. The number of aryl methyl sites for hydroxylation is 1. The van der Waals surface area contributed by atoms with Crippen molar-refractivity contribution in [2.75, 3.05) is 19.8 Å². The van der Waals surface area contributed by atoms with Crippen LogP contribution in [0.1, 0.15) is 31.0 Å². The molecule has 0 saturated heterocycles.